The molecule has 0 radical (unpaired) electrons. The van der Waals surface area contributed by atoms with E-state index in [-0.39, 0.29) is 0 Å². The maximum atomic E-state index is 10.5. The van der Waals surface area contributed by atoms with Gasteiger partial charge in [-0.05, 0) is 24.6 Å². The number of para-hydroxylation sites is 1. The summed E-state index contributed by atoms with van der Waals surface area (Å²) in [6, 6.07) is 13.5. The molecule has 94 valence electrons. The molecular formula is C16H14N2O. The van der Waals surface area contributed by atoms with Gasteiger partial charge in [-0.1, -0.05) is 30.3 Å². The van der Waals surface area contributed by atoms with Gasteiger partial charge in [0.15, 0.2) is 0 Å². The van der Waals surface area contributed by atoms with E-state index in [4.69, 9.17) is 0 Å². The summed E-state index contributed by atoms with van der Waals surface area (Å²) in [6.45, 7) is 1.97. The minimum Gasteiger partial charge on any atom is -0.382 e. The standard InChI is InChI=1S/C16H14N2O/c1-11-7-8-14(18-10-11)16(19)13-6-2-4-12-5-3-9-17-15(12)13/h2-10,16,19H,1H3. The van der Waals surface area contributed by atoms with Gasteiger partial charge in [0.2, 0.25) is 0 Å². The van der Waals surface area contributed by atoms with Gasteiger partial charge in [0.25, 0.3) is 0 Å². The van der Waals surface area contributed by atoms with Crippen molar-refractivity contribution in [3.63, 3.8) is 0 Å². The number of nitrogens with zero attached hydrogens (tertiary/aromatic N) is 2. The van der Waals surface area contributed by atoms with Crippen LogP contribution in [-0.4, -0.2) is 15.1 Å². The molecule has 0 aliphatic carbocycles. The van der Waals surface area contributed by atoms with E-state index in [0.29, 0.717) is 5.69 Å². The average Bonchev–Trinajstić information content (AvgIpc) is 2.47. The zero-order valence-corrected chi connectivity index (χ0v) is 10.6. The summed E-state index contributed by atoms with van der Waals surface area (Å²) in [5, 5.41) is 11.5. The van der Waals surface area contributed by atoms with Crippen LogP contribution in [-0.2, 0) is 0 Å². The lowest BCUT2D eigenvalue weighted by molar-refractivity contribution is 0.216. The summed E-state index contributed by atoms with van der Waals surface area (Å²) in [5.74, 6) is 0. The third-order valence-corrected chi connectivity index (χ3v) is 3.17. The molecule has 1 N–H and O–H groups in total. The number of hydrogen-bond acceptors (Lipinski definition) is 3. The van der Waals surface area contributed by atoms with Crippen molar-refractivity contribution in [3.05, 3.63) is 71.7 Å². The Labute approximate surface area is 111 Å². The largest absolute Gasteiger partial charge is 0.382 e. The normalized spacial score (nSPS) is 12.5. The van der Waals surface area contributed by atoms with Crippen LogP contribution in [0.3, 0.4) is 0 Å². The maximum Gasteiger partial charge on any atom is 0.123 e. The van der Waals surface area contributed by atoms with Gasteiger partial charge in [-0.25, -0.2) is 0 Å². The molecule has 1 unspecified atom stereocenters. The first-order chi connectivity index (χ1) is 9.25. The van der Waals surface area contributed by atoms with Gasteiger partial charge in [-0.2, -0.15) is 0 Å². The van der Waals surface area contributed by atoms with Crippen LogP contribution < -0.4 is 0 Å². The van der Waals surface area contributed by atoms with Crippen molar-refractivity contribution >= 4 is 10.9 Å². The van der Waals surface area contributed by atoms with Gasteiger partial charge in [0.05, 0.1) is 11.2 Å². The van der Waals surface area contributed by atoms with Crippen molar-refractivity contribution in [1.29, 1.82) is 0 Å². The Hall–Kier alpha value is -2.26. The van der Waals surface area contributed by atoms with Crippen molar-refractivity contribution in [1.82, 2.24) is 9.97 Å². The van der Waals surface area contributed by atoms with Crippen molar-refractivity contribution in [2.45, 2.75) is 13.0 Å². The number of pyridine rings is 2. The van der Waals surface area contributed by atoms with Crippen molar-refractivity contribution < 1.29 is 5.11 Å². The first-order valence-corrected chi connectivity index (χ1v) is 6.20. The van der Waals surface area contributed by atoms with E-state index >= 15 is 0 Å². The topological polar surface area (TPSA) is 46.0 Å². The summed E-state index contributed by atoms with van der Waals surface area (Å²) in [7, 11) is 0. The predicted octanol–water partition coefficient (Wildman–Crippen LogP) is 3.02. The minimum absolute atomic E-state index is 0.642. The van der Waals surface area contributed by atoms with E-state index in [1.807, 2.05) is 49.4 Å². The monoisotopic (exact) mass is 250 g/mol. The predicted molar refractivity (Wildman–Crippen MR) is 74.8 cm³/mol. The van der Waals surface area contributed by atoms with Gasteiger partial charge < -0.3 is 5.11 Å². The van der Waals surface area contributed by atoms with Crippen LogP contribution in [0.2, 0.25) is 0 Å². The number of aliphatic hydroxyl groups is 1. The Bertz CT molecular complexity index is 702. The van der Waals surface area contributed by atoms with Gasteiger partial charge in [0, 0.05) is 23.3 Å². The highest BCUT2D eigenvalue weighted by Gasteiger charge is 2.15. The molecule has 2 heterocycles. The SMILES string of the molecule is Cc1ccc(C(O)c2cccc3cccnc23)nc1. The van der Waals surface area contributed by atoms with E-state index in [9.17, 15) is 5.11 Å². The van der Waals surface area contributed by atoms with E-state index in [1.54, 1.807) is 12.4 Å². The maximum absolute atomic E-state index is 10.5. The van der Waals surface area contributed by atoms with Crippen LogP contribution in [0.25, 0.3) is 10.9 Å². The second-order valence-electron chi connectivity index (χ2n) is 4.59. The molecular weight excluding hydrogens is 236 g/mol. The Morgan fingerprint density at radius 1 is 1.00 bits per heavy atom. The second kappa shape index (κ2) is 4.78. The lowest BCUT2D eigenvalue weighted by Gasteiger charge is -2.12. The Morgan fingerprint density at radius 2 is 1.84 bits per heavy atom. The summed E-state index contributed by atoms with van der Waals surface area (Å²) in [6.07, 6.45) is 2.75. The fourth-order valence-corrected chi connectivity index (χ4v) is 2.15. The first kappa shape index (κ1) is 11.8. The highest BCUT2D eigenvalue weighted by molar-refractivity contribution is 5.82. The molecule has 0 aliphatic rings. The fourth-order valence-electron chi connectivity index (χ4n) is 2.15. The number of hydrogen-bond donors (Lipinski definition) is 1. The van der Waals surface area contributed by atoms with Crippen LogP contribution in [0.1, 0.15) is 22.9 Å². The number of aliphatic hydroxyl groups excluding tert-OH is 1. The van der Waals surface area contributed by atoms with E-state index < -0.39 is 6.10 Å². The van der Waals surface area contributed by atoms with Crippen LogP contribution in [0, 0.1) is 6.92 Å². The molecule has 0 spiro atoms. The van der Waals surface area contributed by atoms with Crippen LogP contribution in [0.4, 0.5) is 0 Å². The smallest absolute Gasteiger partial charge is 0.123 e. The average molecular weight is 250 g/mol. The molecule has 0 amide bonds. The summed E-state index contributed by atoms with van der Waals surface area (Å²) < 4.78 is 0. The second-order valence-corrected chi connectivity index (χ2v) is 4.59. The summed E-state index contributed by atoms with van der Waals surface area (Å²) in [4.78, 5) is 8.64. The lowest BCUT2D eigenvalue weighted by Crippen LogP contribution is -2.03. The molecule has 0 aliphatic heterocycles. The van der Waals surface area contributed by atoms with Crippen molar-refractivity contribution in [3.8, 4) is 0 Å². The van der Waals surface area contributed by atoms with Crippen LogP contribution in [0.15, 0.2) is 54.9 Å². The highest BCUT2D eigenvalue weighted by Crippen LogP contribution is 2.26. The molecule has 0 saturated heterocycles. The lowest BCUT2D eigenvalue weighted by atomic mass is 10.0. The molecule has 3 rings (SSSR count). The van der Waals surface area contributed by atoms with E-state index in [2.05, 4.69) is 9.97 Å². The molecule has 19 heavy (non-hydrogen) atoms. The summed E-state index contributed by atoms with van der Waals surface area (Å²) >= 11 is 0. The number of benzene rings is 1. The molecule has 0 fully saturated rings. The number of aromatic nitrogens is 2. The van der Waals surface area contributed by atoms with Gasteiger partial charge in [0.1, 0.15) is 6.10 Å². The van der Waals surface area contributed by atoms with Crippen molar-refractivity contribution in [2.75, 3.05) is 0 Å². The molecule has 0 bridgehead atoms. The van der Waals surface area contributed by atoms with E-state index in [0.717, 1.165) is 22.0 Å². The first-order valence-electron chi connectivity index (χ1n) is 6.20. The number of aryl methyl sites for hydroxylation is 1. The minimum atomic E-state index is -0.751. The highest BCUT2D eigenvalue weighted by atomic mass is 16.3. The third kappa shape index (κ3) is 2.20. The van der Waals surface area contributed by atoms with Crippen LogP contribution >= 0.6 is 0 Å². The zero-order chi connectivity index (χ0) is 13.2. The van der Waals surface area contributed by atoms with E-state index in [1.165, 1.54) is 0 Å². The molecule has 3 aromatic rings. The molecule has 1 atom stereocenters. The molecule has 3 heteroatoms. The quantitative estimate of drug-likeness (QED) is 0.760. The van der Waals surface area contributed by atoms with Crippen LogP contribution in [0.5, 0.6) is 0 Å². The zero-order valence-electron chi connectivity index (χ0n) is 10.6. The number of rotatable bonds is 2. The van der Waals surface area contributed by atoms with Gasteiger partial charge in [-0.15, -0.1) is 0 Å². The molecule has 1 aromatic carbocycles. The summed E-state index contributed by atoms with van der Waals surface area (Å²) in [5.41, 5.74) is 3.32. The molecule has 2 aromatic heterocycles. The van der Waals surface area contributed by atoms with Crippen molar-refractivity contribution in [2.24, 2.45) is 0 Å². The fraction of sp³-hybridized carbons (Fsp3) is 0.125. The molecule has 3 nitrogen and oxygen atoms in total. The third-order valence-electron chi connectivity index (χ3n) is 3.17. The Kier molecular flexibility index (Phi) is 2.97. The Morgan fingerprint density at radius 3 is 2.63 bits per heavy atom. The Balaban J connectivity index is 2.11. The van der Waals surface area contributed by atoms with Gasteiger partial charge in [-0.3, -0.25) is 9.97 Å². The molecule has 0 saturated carbocycles. The van der Waals surface area contributed by atoms with Gasteiger partial charge >= 0.3 is 0 Å². The number of fused-ring (bicyclic) bond motifs is 1.